The van der Waals surface area contributed by atoms with Crippen molar-refractivity contribution in [1.29, 1.82) is 5.41 Å². The first kappa shape index (κ1) is 23.0. The second kappa shape index (κ2) is 9.23. The van der Waals surface area contributed by atoms with Crippen LogP contribution in [0.25, 0.3) is 10.9 Å². The van der Waals surface area contributed by atoms with E-state index in [1.807, 2.05) is 20.8 Å². The van der Waals surface area contributed by atoms with E-state index in [0.29, 0.717) is 23.5 Å². The monoisotopic (exact) mass is 439 g/mol. The number of hydrogen-bond acceptors (Lipinski definition) is 6. The number of benzene rings is 1. The van der Waals surface area contributed by atoms with Gasteiger partial charge in [0.1, 0.15) is 12.2 Å². The smallest absolute Gasteiger partial charge is 0.353 e. The van der Waals surface area contributed by atoms with Crippen molar-refractivity contribution in [3.8, 4) is 11.6 Å². The van der Waals surface area contributed by atoms with E-state index in [1.54, 1.807) is 19.2 Å². The Hall–Kier alpha value is -3.66. The van der Waals surface area contributed by atoms with E-state index in [9.17, 15) is 4.79 Å². The van der Waals surface area contributed by atoms with Crippen LogP contribution in [0, 0.1) is 16.6 Å². The minimum absolute atomic E-state index is 0.0262. The molecule has 10 heteroatoms. The largest absolute Gasteiger partial charge is 0.436 e. The SMILES string of the molecule is CNCc1cc(Oc2ccc3c(ccn3C(=O)N=C(N)CC(=N)C(C)(C)C)c2F)ncn1. The second-order valence-electron chi connectivity index (χ2n) is 8.27. The molecule has 0 atom stereocenters. The van der Waals surface area contributed by atoms with Crippen LogP contribution in [0.5, 0.6) is 11.6 Å². The van der Waals surface area contributed by atoms with Crippen LogP contribution in [0.2, 0.25) is 0 Å². The summed E-state index contributed by atoms with van der Waals surface area (Å²) >= 11 is 0. The first-order valence-electron chi connectivity index (χ1n) is 9.98. The zero-order valence-corrected chi connectivity index (χ0v) is 18.4. The lowest BCUT2D eigenvalue weighted by molar-refractivity contribution is 0.251. The molecule has 0 radical (unpaired) electrons. The molecule has 32 heavy (non-hydrogen) atoms. The van der Waals surface area contributed by atoms with Crippen LogP contribution < -0.4 is 15.8 Å². The number of halogens is 1. The van der Waals surface area contributed by atoms with E-state index in [4.69, 9.17) is 15.9 Å². The van der Waals surface area contributed by atoms with Crippen LogP contribution in [0.15, 0.2) is 41.8 Å². The molecule has 2 heterocycles. The number of amides is 1. The number of fused-ring (bicyclic) bond motifs is 1. The van der Waals surface area contributed by atoms with Gasteiger partial charge in [-0.3, -0.25) is 4.57 Å². The van der Waals surface area contributed by atoms with Crippen LogP contribution in [-0.2, 0) is 6.54 Å². The summed E-state index contributed by atoms with van der Waals surface area (Å²) in [5.41, 5.74) is 6.87. The topological polar surface area (TPSA) is 131 Å². The van der Waals surface area contributed by atoms with Gasteiger partial charge in [0.05, 0.1) is 11.2 Å². The highest BCUT2D eigenvalue weighted by Gasteiger charge is 2.19. The van der Waals surface area contributed by atoms with Gasteiger partial charge in [0.2, 0.25) is 5.88 Å². The molecule has 1 aromatic carbocycles. The summed E-state index contributed by atoms with van der Waals surface area (Å²) in [7, 11) is 1.79. The molecule has 0 unspecified atom stereocenters. The number of amidine groups is 1. The number of nitrogens with zero attached hydrogens (tertiary/aromatic N) is 4. The van der Waals surface area contributed by atoms with E-state index >= 15 is 4.39 Å². The molecule has 9 nitrogen and oxygen atoms in total. The van der Waals surface area contributed by atoms with E-state index in [-0.39, 0.29) is 34.7 Å². The molecule has 168 valence electrons. The predicted molar refractivity (Wildman–Crippen MR) is 121 cm³/mol. The quantitative estimate of drug-likeness (QED) is 0.395. The van der Waals surface area contributed by atoms with E-state index in [2.05, 4.69) is 20.3 Å². The molecule has 0 bridgehead atoms. The summed E-state index contributed by atoms with van der Waals surface area (Å²) in [5, 5.41) is 11.2. The molecular formula is C22H26FN7O2. The molecule has 0 aliphatic carbocycles. The molecule has 0 spiro atoms. The maximum atomic E-state index is 15.1. The Morgan fingerprint density at radius 3 is 2.75 bits per heavy atom. The number of hydrogen-bond donors (Lipinski definition) is 3. The maximum absolute atomic E-state index is 15.1. The molecule has 0 fully saturated rings. The molecule has 2 aromatic heterocycles. The lowest BCUT2D eigenvalue weighted by atomic mass is 9.88. The van der Waals surface area contributed by atoms with Crippen LogP contribution in [0.4, 0.5) is 9.18 Å². The summed E-state index contributed by atoms with van der Waals surface area (Å²) in [5.74, 6) is -0.427. The Morgan fingerprint density at radius 2 is 2.06 bits per heavy atom. The molecule has 0 aliphatic heterocycles. The molecular weight excluding hydrogens is 413 g/mol. The summed E-state index contributed by atoms with van der Waals surface area (Å²) < 4.78 is 21.8. The van der Waals surface area contributed by atoms with E-state index < -0.39 is 11.8 Å². The highest BCUT2D eigenvalue weighted by Crippen LogP contribution is 2.30. The minimum Gasteiger partial charge on any atom is -0.436 e. The Balaban J connectivity index is 1.84. The molecule has 0 aliphatic rings. The fraction of sp³-hybridized carbons (Fsp3) is 0.318. The van der Waals surface area contributed by atoms with Gasteiger partial charge in [0, 0.05) is 36.3 Å². The number of carbonyl (C=O) groups excluding carboxylic acids is 1. The highest BCUT2D eigenvalue weighted by atomic mass is 19.1. The number of carbonyl (C=O) groups is 1. The molecule has 1 amide bonds. The summed E-state index contributed by atoms with van der Waals surface area (Å²) in [6.45, 7) is 6.17. The highest BCUT2D eigenvalue weighted by molar-refractivity contribution is 6.07. The van der Waals surface area contributed by atoms with Crippen LogP contribution in [-0.4, -0.2) is 39.2 Å². The summed E-state index contributed by atoms with van der Waals surface area (Å²) in [6, 6.07) is 5.39. The first-order chi connectivity index (χ1) is 15.1. The van der Waals surface area contributed by atoms with Crippen LogP contribution in [0.1, 0.15) is 32.9 Å². The van der Waals surface area contributed by atoms with Crippen molar-refractivity contribution < 1.29 is 13.9 Å². The maximum Gasteiger partial charge on any atom is 0.353 e. The van der Waals surface area contributed by atoms with Gasteiger partial charge in [-0.1, -0.05) is 20.8 Å². The number of aliphatic imine (C=N–C) groups is 1. The molecule has 3 rings (SSSR count). The van der Waals surface area contributed by atoms with Crippen molar-refractivity contribution >= 4 is 28.5 Å². The molecule has 4 N–H and O–H groups in total. The van der Waals surface area contributed by atoms with Crippen molar-refractivity contribution in [2.45, 2.75) is 33.7 Å². The molecule has 0 saturated heterocycles. The lowest BCUT2D eigenvalue weighted by Crippen LogP contribution is -2.27. The third-order valence-electron chi connectivity index (χ3n) is 4.75. The zero-order valence-electron chi connectivity index (χ0n) is 18.4. The minimum atomic E-state index is -0.667. The Labute approximate surface area is 185 Å². The second-order valence-corrected chi connectivity index (χ2v) is 8.27. The number of rotatable bonds is 6. The number of aromatic nitrogens is 3. The lowest BCUT2D eigenvalue weighted by Gasteiger charge is -2.19. The van der Waals surface area contributed by atoms with Crippen molar-refractivity contribution in [2.24, 2.45) is 16.1 Å². The fourth-order valence-corrected chi connectivity index (χ4v) is 2.89. The normalized spacial score (nSPS) is 12.2. The fourth-order valence-electron chi connectivity index (χ4n) is 2.89. The predicted octanol–water partition coefficient (Wildman–Crippen LogP) is 3.86. The van der Waals surface area contributed by atoms with E-state index in [1.165, 1.54) is 29.2 Å². The third-order valence-corrected chi connectivity index (χ3v) is 4.75. The van der Waals surface area contributed by atoms with Crippen LogP contribution >= 0.6 is 0 Å². The standard InChI is InChI=1S/C22H26FN7O2/c1-22(2,3)17(24)10-18(25)29-21(31)30-8-7-14-15(30)5-6-16(20(14)23)32-19-9-13(11-26-4)27-12-28-19/h5-9,12,24,26H,10-11H2,1-4H3,(H2,25,29,31). The average molecular weight is 439 g/mol. The average Bonchev–Trinajstić information content (AvgIpc) is 3.15. The number of nitrogens with two attached hydrogens (primary N) is 1. The first-order valence-corrected chi connectivity index (χ1v) is 9.98. The van der Waals surface area contributed by atoms with E-state index in [0.717, 1.165) is 0 Å². The van der Waals surface area contributed by atoms with Crippen LogP contribution in [0.3, 0.4) is 0 Å². The van der Waals surface area contributed by atoms with Gasteiger partial charge in [-0.2, -0.15) is 4.99 Å². The summed E-state index contributed by atoms with van der Waals surface area (Å²) in [4.78, 5) is 24.6. The van der Waals surface area contributed by atoms with Gasteiger partial charge in [-0.05, 0) is 30.7 Å². The molecule has 3 aromatic rings. The Kier molecular flexibility index (Phi) is 6.64. The summed E-state index contributed by atoms with van der Waals surface area (Å²) in [6.07, 6.45) is 2.84. The van der Waals surface area contributed by atoms with Gasteiger partial charge < -0.3 is 21.2 Å². The van der Waals surface area contributed by atoms with Gasteiger partial charge >= 0.3 is 6.03 Å². The van der Waals surface area contributed by atoms with Gasteiger partial charge in [0.15, 0.2) is 11.6 Å². The van der Waals surface area contributed by atoms with Crippen molar-refractivity contribution in [3.63, 3.8) is 0 Å². The van der Waals surface area contributed by atoms with Crippen molar-refractivity contribution in [2.75, 3.05) is 7.05 Å². The Morgan fingerprint density at radius 1 is 1.31 bits per heavy atom. The Bertz CT molecular complexity index is 1190. The number of nitrogens with one attached hydrogen (secondary N) is 2. The van der Waals surface area contributed by atoms with Gasteiger partial charge in [-0.15, -0.1) is 0 Å². The van der Waals surface area contributed by atoms with Crippen molar-refractivity contribution in [3.05, 3.63) is 48.3 Å². The number of ether oxygens (including phenoxy) is 1. The van der Waals surface area contributed by atoms with Crippen molar-refractivity contribution in [1.82, 2.24) is 19.9 Å². The molecule has 0 saturated carbocycles. The third kappa shape index (κ3) is 5.14. The zero-order chi connectivity index (χ0) is 23.5. The van der Waals surface area contributed by atoms with Gasteiger partial charge in [0.25, 0.3) is 0 Å². The van der Waals surface area contributed by atoms with Gasteiger partial charge in [-0.25, -0.2) is 19.2 Å².